The first kappa shape index (κ1) is 16.3. The summed E-state index contributed by atoms with van der Waals surface area (Å²) in [6, 6.07) is 4.96. The van der Waals surface area contributed by atoms with Crippen molar-refractivity contribution < 1.29 is 27.8 Å². The highest BCUT2D eigenvalue weighted by Crippen LogP contribution is 2.47. The summed E-state index contributed by atoms with van der Waals surface area (Å²) >= 11 is 0. The normalized spacial score (nSPS) is 27.3. The molecule has 0 atom stereocenters. The van der Waals surface area contributed by atoms with Crippen LogP contribution in [0.15, 0.2) is 18.2 Å². The molecule has 1 spiro atoms. The Morgan fingerprint density at radius 1 is 1.26 bits per heavy atom. The first-order valence-electron chi connectivity index (χ1n) is 7.84. The third kappa shape index (κ3) is 3.37. The summed E-state index contributed by atoms with van der Waals surface area (Å²) in [7, 11) is 0. The molecule has 0 unspecified atom stereocenters. The van der Waals surface area contributed by atoms with Crippen molar-refractivity contribution in [2.45, 2.75) is 50.8 Å². The van der Waals surface area contributed by atoms with Crippen LogP contribution in [-0.2, 0) is 6.42 Å². The molecule has 1 saturated carbocycles. The van der Waals surface area contributed by atoms with Crippen molar-refractivity contribution >= 4 is 5.78 Å². The van der Waals surface area contributed by atoms with Gasteiger partial charge in [-0.25, -0.2) is 0 Å². The molecule has 0 saturated heterocycles. The predicted octanol–water partition coefficient (Wildman–Crippen LogP) is 3.68. The Labute approximate surface area is 132 Å². The third-order valence-corrected chi connectivity index (χ3v) is 4.90. The Balaban J connectivity index is 1.71. The van der Waals surface area contributed by atoms with Gasteiger partial charge in [-0.05, 0) is 49.8 Å². The van der Waals surface area contributed by atoms with E-state index < -0.39 is 24.6 Å². The number of benzene rings is 1. The van der Waals surface area contributed by atoms with E-state index in [2.05, 4.69) is 0 Å². The summed E-state index contributed by atoms with van der Waals surface area (Å²) in [5.41, 5.74) is 1.05. The average Bonchev–Trinajstić information content (AvgIpc) is 2.74. The van der Waals surface area contributed by atoms with Gasteiger partial charge in [-0.1, -0.05) is 6.07 Å². The Morgan fingerprint density at radius 2 is 1.96 bits per heavy atom. The van der Waals surface area contributed by atoms with E-state index in [0.29, 0.717) is 43.4 Å². The molecule has 1 fully saturated rings. The number of aliphatic hydroxyl groups is 1. The SMILES string of the molecule is O=C1c2cc(OCCC(F)(F)F)ccc2C[C@]12CC[C@@H](O)CC2. The van der Waals surface area contributed by atoms with E-state index >= 15 is 0 Å². The molecule has 2 aliphatic rings. The number of carbonyl (C=O) groups is 1. The van der Waals surface area contributed by atoms with Gasteiger partial charge >= 0.3 is 6.18 Å². The van der Waals surface area contributed by atoms with E-state index in [0.717, 1.165) is 5.56 Å². The van der Waals surface area contributed by atoms with E-state index in [1.54, 1.807) is 18.2 Å². The smallest absolute Gasteiger partial charge is 0.392 e. The summed E-state index contributed by atoms with van der Waals surface area (Å²) in [6.45, 7) is -0.451. The highest BCUT2D eigenvalue weighted by atomic mass is 19.4. The maximum absolute atomic E-state index is 12.7. The number of carbonyl (C=O) groups excluding carboxylic acids is 1. The van der Waals surface area contributed by atoms with Crippen molar-refractivity contribution in [3.8, 4) is 5.75 Å². The van der Waals surface area contributed by atoms with Gasteiger partial charge in [-0.2, -0.15) is 13.2 Å². The van der Waals surface area contributed by atoms with Gasteiger partial charge in [0, 0.05) is 11.0 Å². The van der Waals surface area contributed by atoms with Gasteiger partial charge in [0.2, 0.25) is 0 Å². The van der Waals surface area contributed by atoms with Gasteiger partial charge in [0.25, 0.3) is 0 Å². The van der Waals surface area contributed by atoms with Crippen molar-refractivity contribution in [3.05, 3.63) is 29.3 Å². The highest BCUT2D eigenvalue weighted by Gasteiger charge is 2.47. The zero-order valence-electron chi connectivity index (χ0n) is 12.7. The molecule has 3 rings (SSSR count). The molecule has 126 valence electrons. The Morgan fingerprint density at radius 3 is 2.61 bits per heavy atom. The summed E-state index contributed by atoms with van der Waals surface area (Å²) in [5.74, 6) is 0.343. The number of hydrogen-bond donors (Lipinski definition) is 1. The topological polar surface area (TPSA) is 46.5 Å². The quantitative estimate of drug-likeness (QED) is 0.921. The minimum absolute atomic E-state index is 0.0423. The number of halogens is 3. The lowest BCUT2D eigenvalue weighted by Crippen LogP contribution is -2.34. The highest BCUT2D eigenvalue weighted by molar-refractivity contribution is 6.05. The van der Waals surface area contributed by atoms with E-state index in [1.165, 1.54) is 0 Å². The minimum Gasteiger partial charge on any atom is -0.493 e. The second-order valence-corrected chi connectivity index (χ2v) is 6.55. The van der Waals surface area contributed by atoms with Crippen LogP contribution in [0.3, 0.4) is 0 Å². The molecule has 1 aromatic rings. The third-order valence-electron chi connectivity index (χ3n) is 4.90. The van der Waals surface area contributed by atoms with Crippen LogP contribution in [0.1, 0.15) is 48.0 Å². The predicted molar refractivity (Wildman–Crippen MR) is 77.6 cm³/mol. The first-order chi connectivity index (χ1) is 10.8. The zero-order valence-corrected chi connectivity index (χ0v) is 12.7. The summed E-state index contributed by atoms with van der Waals surface area (Å²) < 4.78 is 41.6. The number of aliphatic hydroxyl groups excluding tert-OH is 1. The van der Waals surface area contributed by atoms with Crippen molar-refractivity contribution in [2.24, 2.45) is 5.41 Å². The largest absolute Gasteiger partial charge is 0.493 e. The number of alkyl halides is 3. The van der Waals surface area contributed by atoms with Crippen molar-refractivity contribution in [1.82, 2.24) is 0 Å². The molecule has 0 amide bonds. The number of Topliss-reactive ketones (excluding diaryl/α,β-unsaturated/α-hetero) is 1. The van der Waals surface area contributed by atoms with Crippen molar-refractivity contribution in [2.75, 3.05) is 6.61 Å². The molecule has 0 heterocycles. The molecule has 0 aromatic heterocycles. The number of hydrogen-bond acceptors (Lipinski definition) is 3. The van der Waals surface area contributed by atoms with Crippen LogP contribution in [0.2, 0.25) is 0 Å². The molecule has 0 aliphatic heterocycles. The molecular formula is C17H19F3O3. The Kier molecular flexibility index (Phi) is 4.12. The summed E-state index contributed by atoms with van der Waals surface area (Å²) in [5, 5.41) is 9.64. The molecule has 0 bridgehead atoms. The van der Waals surface area contributed by atoms with Gasteiger partial charge in [0.05, 0.1) is 19.1 Å². The number of fused-ring (bicyclic) bond motifs is 1. The van der Waals surface area contributed by atoms with E-state index in [9.17, 15) is 23.1 Å². The van der Waals surface area contributed by atoms with Crippen molar-refractivity contribution in [3.63, 3.8) is 0 Å². The van der Waals surface area contributed by atoms with E-state index in [1.807, 2.05) is 0 Å². The zero-order chi connectivity index (χ0) is 16.7. The van der Waals surface area contributed by atoms with Crippen LogP contribution in [0.4, 0.5) is 13.2 Å². The second-order valence-electron chi connectivity index (χ2n) is 6.55. The lowest BCUT2D eigenvalue weighted by Gasteiger charge is -2.33. The van der Waals surface area contributed by atoms with E-state index in [-0.39, 0.29) is 11.9 Å². The van der Waals surface area contributed by atoms with Crippen LogP contribution in [0, 0.1) is 5.41 Å². The van der Waals surface area contributed by atoms with Crippen LogP contribution < -0.4 is 4.74 Å². The van der Waals surface area contributed by atoms with Gasteiger partial charge in [0.1, 0.15) is 5.75 Å². The molecule has 3 nitrogen and oxygen atoms in total. The van der Waals surface area contributed by atoms with Gasteiger partial charge in [0.15, 0.2) is 5.78 Å². The molecule has 1 N–H and O–H groups in total. The second kappa shape index (κ2) is 5.82. The fourth-order valence-electron chi connectivity index (χ4n) is 3.58. The molecule has 2 aliphatic carbocycles. The number of rotatable bonds is 3. The molecule has 0 radical (unpaired) electrons. The Hall–Kier alpha value is -1.56. The standard InChI is InChI=1S/C17H19F3O3/c18-17(19,20)7-8-23-13-2-1-11-10-16(15(22)14(11)9-13)5-3-12(21)4-6-16/h1-2,9,12,21H,3-8,10H2/t12-,16-. The van der Waals surface area contributed by atoms with E-state index in [4.69, 9.17) is 4.74 Å². The maximum Gasteiger partial charge on any atom is 0.392 e. The van der Waals surface area contributed by atoms with Crippen LogP contribution in [0.25, 0.3) is 0 Å². The molecule has 23 heavy (non-hydrogen) atoms. The molecular weight excluding hydrogens is 309 g/mol. The molecule has 1 aromatic carbocycles. The number of ketones is 1. The summed E-state index contributed by atoms with van der Waals surface area (Å²) in [4.78, 5) is 12.7. The fraction of sp³-hybridized carbons (Fsp3) is 0.588. The first-order valence-corrected chi connectivity index (χ1v) is 7.84. The fourth-order valence-corrected chi connectivity index (χ4v) is 3.58. The lowest BCUT2D eigenvalue weighted by atomic mass is 9.70. The monoisotopic (exact) mass is 328 g/mol. The lowest BCUT2D eigenvalue weighted by molar-refractivity contribution is -0.139. The van der Waals surface area contributed by atoms with Crippen LogP contribution >= 0.6 is 0 Å². The Bertz CT molecular complexity index is 602. The summed E-state index contributed by atoms with van der Waals surface area (Å²) in [6.07, 6.45) is -2.39. The van der Waals surface area contributed by atoms with Gasteiger partial charge < -0.3 is 9.84 Å². The molecule has 6 heteroatoms. The maximum atomic E-state index is 12.7. The number of ether oxygens (including phenoxy) is 1. The van der Waals surface area contributed by atoms with Gasteiger partial charge in [-0.15, -0.1) is 0 Å². The average molecular weight is 328 g/mol. The van der Waals surface area contributed by atoms with Crippen molar-refractivity contribution in [1.29, 1.82) is 0 Å². The van der Waals surface area contributed by atoms with Gasteiger partial charge in [-0.3, -0.25) is 4.79 Å². The van der Waals surface area contributed by atoms with Crippen LogP contribution in [0.5, 0.6) is 5.75 Å². The minimum atomic E-state index is -4.25. The van der Waals surface area contributed by atoms with Crippen LogP contribution in [-0.4, -0.2) is 29.8 Å².